The minimum absolute atomic E-state index is 0.119. The van der Waals surface area contributed by atoms with Crippen molar-refractivity contribution in [1.82, 2.24) is 15.4 Å². The number of rotatable bonds is 5. The molecule has 5 rings (SSSR count). The van der Waals surface area contributed by atoms with Crippen molar-refractivity contribution >= 4 is 16.9 Å². The molecule has 0 unspecified atom stereocenters. The van der Waals surface area contributed by atoms with Gasteiger partial charge < -0.3 is 13.7 Å². The second kappa shape index (κ2) is 7.63. The van der Waals surface area contributed by atoms with Crippen LogP contribution in [-0.4, -0.2) is 21.3 Å². The monoisotopic (exact) mass is 397 g/mol. The minimum atomic E-state index is -0.503. The lowest BCUT2D eigenvalue weighted by Gasteiger charge is -2.02. The summed E-state index contributed by atoms with van der Waals surface area (Å²) in [7, 11) is 0. The normalized spacial score (nSPS) is 10.9. The molecule has 0 aliphatic rings. The van der Waals surface area contributed by atoms with Crippen LogP contribution in [-0.2, 0) is 11.3 Å². The van der Waals surface area contributed by atoms with E-state index in [4.69, 9.17) is 13.7 Å². The zero-order valence-electron chi connectivity index (χ0n) is 15.7. The Bertz CT molecular complexity index is 1310. The number of hydrogen-bond acceptors (Lipinski definition) is 7. The van der Waals surface area contributed by atoms with Gasteiger partial charge in [-0.2, -0.15) is 0 Å². The fraction of sp³-hybridized carbons (Fsp3) is 0.0435. The van der Waals surface area contributed by atoms with Gasteiger partial charge in [0.05, 0.1) is 10.9 Å². The highest BCUT2D eigenvalue weighted by molar-refractivity contribution is 5.98. The van der Waals surface area contributed by atoms with Crippen molar-refractivity contribution < 1.29 is 18.5 Å². The summed E-state index contributed by atoms with van der Waals surface area (Å²) in [6.45, 7) is -0.119. The third kappa shape index (κ3) is 3.44. The lowest BCUT2D eigenvalue weighted by Crippen LogP contribution is -2.05. The first kappa shape index (κ1) is 17.8. The number of carbonyl (C=O) groups is 1. The van der Waals surface area contributed by atoms with E-state index in [1.807, 2.05) is 60.7 Å². The maximum absolute atomic E-state index is 12.5. The van der Waals surface area contributed by atoms with Crippen LogP contribution in [0, 0.1) is 0 Å². The van der Waals surface area contributed by atoms with Gasteiger partial charge in [0, 0.05) is 11.1 Å². The second-order valence-electron chi connectivity index (χ2n) is 6.55. The lowest BCUT2D eigenvalue weighted by atomic mass is 10.1. The predicted octanol–water partition coefficient (Wildman–Crippen LogP) is 4.90. The van der Waals surface area contributed by atoms with Crippen molar-refractivity contribution in [3.05, 3.63) is 90.3 Å². The molecule has 7 nitrogen and oxygen atoms in total. The Labute approximate surface area is 170 Å². The van der Waals surface area contributed by atoms with E-state index in [0.717, 1.165) is 16.5 Å². The first-order valence-corrected chi connectivity index (χ1v) is 9.28. The zero-order chi connectivity index (χ0) is 20.3. The second-order valence-corrected chi connectivity index (χ2v) is 6.55. The highest BCUT2D eigenvalue weighted by Crippen LogP contribution is 2.29. The molecule has 2 heterocycles. The molecule has 30 heavy (non-hydrogen) atoms. The molecule has 146 valence electrons. The smallest absolute Gasteiger partial charge is 0.338 e. The Morgan fingerprint density at radius 2 is 1.60 bits per heavy atom. The van der Waals surface area contributed by atoms with E-state index >= 15 is 0 Å². The van der Waals surface area contributed by atoms with Crippen LogP contribution in [0.2, 0.25) is 0 Å². The van der Waals surface area contributed by atoms with E-state index in [2.05, 4.69) is 15.4 Å². The lowest BCUT2D eigenvalue weighted by molar-refractivity contribution is 0.0439. The largest absolute Gasteiger partial charge is 0.452 e. The van der Waals surface area contributed by atoms with Crippen LogP contribution in [0.25, 0.3) is 33.7 Å². The van der Waals surface area contributed by atoms with Crippen LogP contribution in [0.5, 0.6) is 0 Å². The van der Waals surface area contributed by atoms with Gasteiger partial charge in [0.15, 0.2) is 12.4 Å². The maximum atomic E-state index is 12.5. The highest BCUT2D eigenvalue weighted by Gasteiger charge is 2.16. The van der Waals surface area contributed by atoms with Crippen LogP contribution >= 0.6 is 0 Å². The predicted molar refractivity (Wildman–Crippen MR) is 108 cm³/mol. The van der Waals surface area contributed by atoms with Crippen LogP contribution in [0.4, 0.5) is 0 Å². The summed E-state index contributed by atoms with van der Waals surface area (Å²) in [6, 6.07) is 24.1. The van der Waals surface area contributed by atoms with Gasteiger partial charge in [-0.15, -0.1) is 10.2 Å². The average molecular weight is 397 g/mol. The van der Waals surface area contributed by atoms with Crippen molar-refractivity contribution in [1.29, 1.82) is 0 Å². The summed E-state index contributed by atoms with van der Waals surface area (Å²) in [5.41, 5.74) is 2.72. The standard InChI is InChI=1S/C23H15N3O4/c27-23(28-14-20-24-25-22(29-20)16-9-5-2-6-10-16)17-11-12-19-18(13-17)21(30-26-19)15-7-3-1-4-8-15/h1-13H,14H2. The van der Waals surface area contributed by atoms with Crippen molar-refractivity contribution in [2.24, 2.45) is 0 Å². The van der Waals surface area contributed by atoms with E-state index in [0.29, 0.717) is 22.7 Å². The molecule has 0 aliphatic carbocycles. The molecule has 3 aromatic carbocycles. The van der Waals surface area contributed by atoms with Crippen LogP contribution in [0.1, 0.15) is 16.2 Å². The SMILES string of the molecule is O=C(OCc1nnc(-c2ccccc2)o1)c1ccc2noc(-c3ccccc3)c2c1. The number of carbonyl (C=O) groups excluding carboxylic acids is 1. The van der Waals surface area contributed by atoms with Gasteiger partial charge in [0.2, 0.25) is 5.89 Å². The number of hydrogen-bond donors (Lipinski definition) is 0. The third-order valence-electron chi connectivity index (χ3n) is 4.56. The molecule has 0 amide bonds. The number of esters is 1. The molecule has 0 saturated carbocycles. The average Bonchev–Trinajstić information content (AvgIpc) is 3.45. The quantitative estimate of drug-likeness (QED) is 0.389. The van der Waals surface area contributed by atoms with Gasteiger partial charge in [0.25, 0.3) is 5.89 Å². The molecule has 5 aromatic rings. The van der Waals surface area contributed by atoms with Crippen LogP contribution in [0.3, 0.4) is 0 Å². The number of nitrogens with zero attached hydrogens (tertiary/aromatic N) is 3. The molecule has 0 bridgehead atoms. The molecule has 0 radical (unpaired) electrons. The van der Waals surface area contributed by atoms with Crippen molar-refractivity contribution in [2.45, 2.75) is 6.61 Å². The molecule has 0 saturated heterocycles. The fourth-order valence-corrected chi connectivity index (χ4v) is 3.09. The van der Waals surface area contributed by atoms with Crippen LogP contribution in [0.15, 0.2) is 87.8 Å². The number of benzene rings is 3. The Kier molecular flexibility index (Phi) is 4.53. The van der Waals surface area contributed by atoms with Gasteiger partial charge in [0.1, 0.15) is 5.52 Å². The molecular weight excluding hydrogens is 382 g/mol. The Balaban J connectivity index is 1.34. The van der Waals surface area contributed by atoms with Gasteiger partial charge in [-0.05, 0) is 30.3 Å². The van der Waals surface area contributed by atoms with E-state index in [9.17, 15) is 4.79 Å². The molecule has 0 atom stereocenters. The van der Waals surface area contributed by atoms with Crippen molar-refractivity contribution in [3.8, 4) is 22.8 Å². The Morgan fingerprint density at radius 3 is 2.37 bits per heavy atom. The van der Waals surface area contributed by atoms with Gasteiger partial charge in [-0.25, -0.2) is 4.79 Å². The van der Waals surface area contributed by atoms with E-state index in [-0.39, 0.29) is 12.5 Å². The molecule has 0 N–H and O–H groups in total. The van der Waals surface area contributed by atoms with Crippen molar-refractivity contribution in [3.63, 3.8) is 0 Å². The summed E-state index contributed by atoms with van der Waals surface area (Å²) in [4.78, 5) is 12.5. The molecule has 2 aromatic heterocycles. The summed E-state index contributed by atoms with van der Waals surface area (Å²) in [5, 5.41) is 12.7. The number of fused-ring (bicyclic) bond motifs is 1. The third-order valence-corrected chi connectivity index (χ3v) is 4.56. The van der Waals surface area contributed by atoms with Crippen LogP contribution < -0.4 is 0 Å². The van der Waals surface area contributed by atoms with E-state index < -0.39 is 5.97 Å². The number of aromatic nitrogens is 3. The van der Waals surface area contributed by atoms with Gasteiger partial charge >= 0.3 is 5.97 Å². The van der Waals surface area contributed by atoms with Gasteiger partial charge in [-0.3, -0.25) is 0 Å². The first-order valence-electron chi connectivity index (χ1n) is 9.28. The minimum Gasteiger partial charge on any atom is -0.452 e. The molecule has 0 fully saturated rings. The van der Waals surface area contributed by atoms with Crippen molar-refractivity contribution in [2.75, 3.05) is 0 Å². The topological polar surface area (TPSA) is 91.2 Å². The van der Waals surface area contributed by atoms with E-state index in [1.54, 1.807) is 18.2 Å². The van der Waals surface area contributed by atoms with Gasteiger partial charge in [-0.1, -0.05) is 53.7 Å². The van der Waals surface area contributed by atoms with E-state index in [1.165, 1.54) is 0 Å². The summed E-state index contributed by atoms with van der Waals surface area (Å²) >= 11 is 0. The maximum Gasteiger partial charge on any atom is 0.338 e. The summed E-state index contributed by atoms with van der Waals surface area (Å²) in [6.07, 6.45) is 0. The molecule has 0 aliphatic heterocycles. The Hall–Kier alpha value is -4.26. The summed E-state index contributed by atoms with van der Waals surface area (Å²) < 4.78 is 16.4. The molecular formula is C23H15N3O4. The summed E-state index contributed by atoms with van der Waals surface area (Å²) in [5.74, 6) is 0.694. The molecule has 7 heteroatoms. The number of ether oxygens (including phenoxy) is 1. The fourth-order valence-electron chi connectivity index (χ4n) is 3.09. The molecule has 0 spiro atoms. The Morgan fingerprint density at radius 1 is 0.867 bits per heavy atom. The zero-order valence-corrected chi connectivity index (χ0v) is 15.7. The first-order chi connectivity index (χ1) is 14.8. The highest BCUT2D eigenvalue weighted by atomic mass is 16.5.